The first-order valence-electron chi connectivity index (χ1n) is 6.27. The van der Waals surface area contributed by atoms with E-state index in [1.165, 1.54) is 6.42 Å². The van der Waals surface area contributed by atoms with Crippen LogP contribution in [0.2, 0.25) is 0 Å². The third-order valence-electron chi connectivity index (χ3n) is 3.39. The number of hydrogen-bond donors (Lipinski definition) is 1. The maximum absolute atomic E-state index is 12.3. The molecule has 1 unspecified atom stereocenters. The average molecular weight is 236 g/mol. The lowest BCUT2D eigenvalue weighted by Crippen LogP contribution is -2.42. The highest BCUT2D eigenvalue weighted by Gasteiger charge is 2.26. The lowest BCUT2D eigenvalue weighted by atomic mass is 10.0. The predicted molar refractivity (Wildman–Crippen MR) is 66.7 cm³/mol. The van der Waals surface area contributed by atoms with Gasteiger partial charge in [-0.2, -0.15) is 5.10 Å². The monoisotopic (exact) mass is 236 g/mol. The van der Waals surface area contributed by atoms with E-state index >= 15 is 0 Å². The summed E-state index contributed by atoms with van der Waals surface area (Å²) in [5, 5.41) is 4.24. The molecule has 94 valence electrons. The van der Waals surface area contributed by atoms with Crippen molar-refractivity contribution in [3.8, 4) is 0 Å². The van der Waals surface area contributed by atoms with Crippen molar-refractivity contribution >= 4 is 11.7 Å². The highest BCUT2D eigenvalue weighted by Crippen LogP contribution is 2.19. The van der Waals surface area contributed by atoms with E-state index in [9.17, 15) is 4.79 Å². The van der Waals surface area contributed by atoms with Gasteiger partial charge in [0.1, 0.15) is 5.82 Å². The predicted octanol–water partition coefficient (Wildman–Crippen LogP) is 1.50. The zero-order valence-corrected chi connectivity index (χ0v) is 10.5. The Balaban J connectivity index is 2.17. The number of carbonyl (C=O) groups is 1. The maximum atomic E-state index is 12.3. The van der Waals surface area contributed by atoms with Crippen LogP contribution >= 0.6 is 0 Å². The molecule has 0 aromatic carbocycles. The van der Waals surface area contributed by atoms with Gasteiger partial charge in [0, 0.05) is 25.2 Å². The van der Waals surface area contributed by atoms with E-state index in [1.807, 2.05) is 11.8 Å². The second kappa shape index (κ2) is 4.77. The molecule has 2 rings (SSSR count). The van der Waals surface area contributed by atoms with Crippen molar-refractivity contribution in [3.63, 3.8) is 0 Å². The van der Waals surface area contributed by atoms with Gasteiger partial charge in [-0.1, -0.05) is 0 Å². The summed E-state index contributed by atoms with van der Waals surface area (Å²) < 4.78 is 1.65. The van der Waals surface area contributed by atoms with Crippen LogP contribution in [-0.2, 0) is 6.54 Å². The fourth-order valence-electron chi connectivity index (χ4n) is 2.34. The molecule has 0 bridgehead atoms. The van der Waals surface area contributed by atoms with Crippen LogP contribution in [0, 0.1) is 0 Å². The van der Waals surface area contributed by atoms with Gasteiger partial charge in [-0.3, -0.25) is 4.79 Å². The normalized spacial score (nSPS) is 20.6. The van der Waals surface area contributed by atoms with Crippen molar-refractivity contribution in [1.29, 1.82) is 0 Å². The Hall–Kier alpha value is -1.52. The van der Waals surface area contributed by atoms with Crippen LogP contribution in [0.15, 0.2) is 6.07 Å². The van der Waals surface area contributed by atoms with Gasteiger partial charge in [0.2, 0.25) is 0 Å². The second-order valence-electron chi connectivity index (χ2n) is 4.61. The van der Waals surface area contributed by atoms with Crippen LogP contribution < -0.4 is 5.73 Å². The molecule has 1 aliphatic heterocycles. The Morgan fingerprint density at radius 2 is 2.35 bits per heavy atom. The number of nitrogen functional groups attached to an aromatic ring is 1. The number of rotatable bonds is 2. The number of carbonyl (C=O) groups excluding carboxylic acids is 1. The van der Waals surface area contributed by atoms with Gasteiger partial charge in [-0.15, -0.1) is 0 Å². The molecule has 2 N–H and O–H groups in total. The Bertz CT molecular complexity index is 413. The SMILES string of the molecule is CCn1nc(C(=O)N2CCCCC2C)cc1N. The molecule has 5 nitrogen and oxygen atoms in total. The van der Waals surface area contributed by atoms with Gasteiger partial charge in [0.15, 0.2) is 5.69 Å². The quantitative estimate of drug-likeness (QED) is 0.846. The molecule has 1 saturated heterocycles. The van der Waals surface area contributed by atoms with Gasteiger partial charge < -0.3 is 10.6 Å². The van der Waals surface area contributed by atoms with Crippen LogP contribution in [0.5, 0.6) is 0 Å². The third-order valence-corrected chi connectivity index (χ3v) is 3.39. The van der Waals surface area contributed by atoms with Gasteiger partial charge >= 0.3 is 0 Å². The summed E-state index contributed by atoms with van der Waals surface area (Å²) in [7, 11) is 0. The van der Waals surface area contributed by atoms with Gasteiger partial charge in [0.05, 0.1) is 0 Å². The zero-order chi connectivity index (χ0) is 12.4. The summed E-state index contributed by atoms with van der Waals surface area (Å²) in [6.45, 7) is 5.58. The summed E-state index contributed by atoms with van der Waals surface area (Å²) in [4.78, 5) is 14.2. The first-order valence-corrected chi connectivity index (χ1v) is 6.27. The fourth-order valence-corrected chi connectivity index (χ4v) is 2.34. The molecular weight excluding hydrogens is 216 g/mol. The number of aryl methyl sites for hydroxylation is 1. The minimum Gasteiger partial charge on any atom is -0.384 e. The van der Waals surface area contributed by atoms with E-state index in [-0.39, 0.29) is 5.91 Å². The molecular formula is C12H20N4O. The summed E-state index contributed by atoms with van der Waals surface area (Å²) in [5.74, 6) is 0.566. The fraction of sp³-hybridized carbons (Fsp3) is 0.667. The van der Waals surface area contributed by atoms with Crippen LogP contribution in [0.1, 0.15) is 43.6 Å². The summed E-state index contributed by atoms with van der Waals surface area (Å²) in [6.07, 6.45) is 3.37. The minimum absolute atomic E-state index is 0.0103. The lowest BCUT2D eigenvalue weighted by molar-refractivity contribution is 0.0628. The smallest absolute Gasteiger partial charge is 0.274 e. The molecule has 1 aromatic heterocycles. The van der Waals surface area contributed by atoms with Crippen LogP contribution in [-0.4, -0.2) is 33.2 Å². The van der Waals surface area contributed by atoms with Crippen molar-refractivity contribution in [2.45, 2.75) is 45.7 Å². The highest BCUT2D eigenvalue weighted by molar-refractivity contribution is 5.93. The number of hydrogen-bond acceptors (Lipinski definition) is 3. The van der Waals surface area contributed by atoms with E-state index < -0.39 is 0 Å². The third kappa shape index (κ3) is 2.28. The van der Waals surface area contributed by atoms with E-state index in [4.69, 9.17) is 5.73 Å². The van der Waals surface area contributed by atoms with E-state index in [0.717, 1.165) is 19.4 Å². The standard InChI is InChI=1S/C12H20N4O/c1-3-16-11(13)8-10(14-16)12(17)15-7-5-4-6-9(15)2/h8-9H,3-7,13H2,1-2H3. The van der Waals surface area contributed by atoms with Crippen LogP contribution in [0.3, 0.4) is 0 Å². The molecule has 1 fully saturated rings. The molecule has 1 atom stereocenters. The molecule has 0 aliphatic carbocycles. The lowest BCUT2D eigenvalue weighted by Gasteiger charge is -2.32. The maximum Gasteiger partial charge on any atom is 0.274 e. The zero-order valence-electron chi connectivity index (χ0n) is 10.5. The molecule has 1 aliphatic rings. The molecule has 0 spiro atoms. The summed E-state index contributed by atoms with van der Waals surface area (Å²) in [5.41, 5.74) is 6.25. The number of piperidine rings is 1. The average Bonchev–Trinajstić information content (AvgIpc) is 2.70. The van der Waals surface area contributed by atoms with Gasteiger partial charge in [-0.05, 0) is 33.1 Å². The van der Waals surface area contributed by atoms with E-state index in [1.54, 1.807) is 10.7 Å². The Labute approximate surface area is 102 Å². The largest absolute Gasteiger partial charge is 0.384 e. The number of anilines is 1. The van der Waals surface area contributed by atoms with Gasteiger partial charge in [-0.25, -0.2) is 4.68 Å². The molecule has 0 saturated carbocycles. The molecule has 17 heavy (non-hydrogen) atoms. The molecule has 1 amide bonds. The van der Waals surface area contributed by atoms with Crippen molar-refractivity contribution in [2.75, 3.05) is 12.3 Å². The Morgan fingerprint density at radius 1 is 1.59 bits per heavy atom. The number of amides is 1. The molecule has 1 aromatic rings. The molecule has 5 heteroatoms. The molecule has 2 heterocycles. The highest BCUT2D eigenvalue weighted by atomic mass is 16.2. The van der Waals surface area contributed by atoms with E-state index in [0.29, 0.717) is 24.1 Å². The second-order valence-corrected chi connectivity index (χ2v) is 4.61. The van der Waals surface area contributed by atoms with Crippen molar-refractivity contribution in [2.24, 2.45) is 0 Å². The topological polar surface area (TPSA) is 64.2 Å². The van der Waals surface area contributed by atoms with Crippen molar-refractivity contribution in [1.82, 2.24) is 14.7 Å². The first-order chi connectivity index (χ1) is 8.13. The van der Waals surface area contributed by atoms with Crippen molar-refractivity contribution < 1.29 is 4.79 Å². The number of likely N-dealkylation sites (tertiary alicyclic amines) is 1. The Kier molecular flexibility index (Phi) is 3.36. The summed E-state index contributed by atoms with van der Waals surface area (Å²) >= 11 is 0. The Morgan fingerprint density at radius 3 is 2.94 bits per heavy atom. The first kappa shape index (κ1) is 12.0. The van der Waals surface area contributed by atoms with Crippen molar-refractivity contribution in [3.05, 3.63) is 11.8 Å². The van der Waals surface area contributed by atoms with Gasteiger partial charge in [0.25, 0.3) is 5.91 Å². The summed E-state index contributed by atoms with van der Waals surface area (Å²) in [6, 6.07) is 1.98. The number of nitrogens with two attached hydrogens (primary N) is 1. The molecule has 0 radical (unpaired) electrons. The van der Waals surface area contributed by atoms with Crippen LogP contribution in [0.25, 0.3) is 0 Å². The van der Waals surface area contributed by atoms with E-state index in [2.05, 4.69) is 12.0 Å². The van der Waals surface area contributed by atoms with Crippen LogP contribution in [0.4, 0.5) is 5.82 Å². The minimum atomic E-state index is 0.0103. The number of nitrogens with zero attached hydrogens (tertiary/aromatic N) is 3. The number of aromatic nitrogens is 2.